The second-order valence-electron chi connectivity index (χ2n) is 3.87. The predicted octanol–water partition coefficient (Wildman–Crippen LogP) is 4.65. The summed E-state index contributed by atoms with van der Waals surface area (Å²) in [5, 5.41) is 0. The molecule has 0 aliphatic heterocycles. The minimum absolute atomic E-state index is 0.352. The molecule has 0 saturated carbocycles. The third-order valence-electron chi connectivity index (χ3n) is 2.39. The first kappa shape index (κ1) is 15.4. The van der Waals surface area contributed by atoms with Crippen LogP contribution in [-0.2, 0) is 4.79 Å². The molecule has 0 fully saturated rings. The van der Waals surface area contributed by atoms with Crippen molar-refractivity contribution in [2.75, 3.05) is 0 Å². The van der Waals surface area contributed by atoms with Crippen LogP contribution >= 0.6 is 45.2 Å². The Morgan fingerprint density at radius 3 is 2.35 bits per heavy atom. The van der Waals surface area contributed by atoms with Gasteiger partial charge < -0.3 is 4.74 Å². The molecule has 5 heteroatoms. The molecule has 0 aliphatic rings. The van der Waals surface area contributed by atoms with E-state index >= 15 is 0 Å². The molecule has 0 heterocycles. The number of carbonyl (C=O) groups excluding carboxylic acids is 1. The number of carbonyl (C=O) groups is 1. The van der Waals surface area contributed by atoms with Crippen molar-refractivity contribution in [1.82, 2.24) is 0 Å². The van der Waals surface area contributed by atoms with Crippen LogP contribution in [0.1, 0.15) is 5.56 Å². The zero-order valence-electron chi connectivity index (χ0n) is 10.1. The van der Waals surface area contributed by atoms with Crippen molar-refractivity contribution in [3.8, 4) is 5.75 Å². The molecule has 2 rings (SSSR count). The fourth-order valence-corrected chi connectivity index (χ4v) is 2.26. The smallest absolute Gasteiger partial charge is 0.336 e. The summed E-state index contributed by atoms with van der Waals surface area (Å²) >= 11 is 4.19. The minimum atomic E-state index is -0.538. The quantitative estimate of drug-likeness (QED) is 0.269. The van der Waals surface area contributed by atoms with E-state index in [2.05, 4.69) is 22.6 Å². The lowest BCUT2D eigenvalue weighted by molar-refractivity contribution is -0.128. The van der Waals surface area contributed by atoms with Gasteiger partial charge in [-0.15, -0.1) is 0 Å². The van der Waals surface area contributed by atoms with Crippen LogP contribution in [0.2, 0.25) is 0 Å². The van der Waals surface area contributed by atoms with E-state index in [1.54, 1.807) is 24.3 Å². The Hall–Kier alpha value is -0.960. The maximum Gasteiger partial charge on any atom is 0.336 e. The molecular formula is C15H9FI2O2. The van der Waals surface area contributed by atoms with E-state index in [1.165, 1.54) is 18.2 Å². The van der Waals surface area contributed by atoms with Crippen LogP contribution in [0.3, 0.4) is 0 Å². The Labute approximate surface area is 143 Å². The molecule has 2 aromatic carbocycles. The standard InChI is InChI=1S/C15H9FI2O2/c16-14-9-12(18)3-1-10(14)2-8-15(19)20-13-6-4-11(17)5-7-13/h1-9H/b8-2+. The Morgan fingerprint density at radius 2 is 1.70 bits per heavy atom. The number of hydrogen-bond donors (Lipinski definition) is 0. The molecule has 2 nitrogen and oxygen atoms in total. The second kappa shape index (κ2) is 7.16. The van der Waals surface area contributed by atoms with Crippen molar-refractivity contribution in [2.45, 2.75) is 0 Å². The zero-order chi connectivity index (χ0) is 14.5. The number of esters is 1. The Kier molecular flexibility index (Phi) is 5.53. The molecule has 0 N–H and O–H groups in total. The average molecular weight is 494 g/mol. The van der Waals surface area contributed by atoms with Gasteiger partial charge in [-0.2, -0.15) is 0 Å². The Balaban J connectivity index is 2.03. The van der Waals surface area contributed by atoms with E-state index in [4.69, 9.17) is 4.74 Å². The van der Waals surface area contributed by atoms with E-state index in [0.29, 0.717) is 11.3 Å². The predicted molar refractivity (Wildman–Crippen MR) is 92.9 cm³/mol. The molecule has 0 aromatic heterocycles. The summed E-state index contributed by atoms with van der Waals surface area (Å²) in [4.78, 5) is 11.6. The van der Waals surface area contributed by atoms with Gasteiger partial charge in [0.15, 0.2) is 0 Å². The lowest BCUT2D eigenvalue weighted by atomic mass is 10.2. The van der Waals surface area contributed by atoms with Gasteiger partial charge in [0.05, 0.1) is 0 Å². The largest absolute Gasteiger partial charge is 0.423 e. The number of rotatable bonds is 3. The van der Waals surface area contributed by atoms with E-state index in [1.807, 2.05) is 34.7 Å². The summed E-state index contributed by atoms with van der Waals surface area (Å²) in [7, 11) is 0. The molecule has 0 saturated heterocycles. The van der Waals surface area contributed by atoms with Gasteiger partial charge in [-0.25, -0.2) is 9.18 Å². The van der Waals surface area contributed by atoms with Crippen LogP contribution in [0.4, 0.5) is 4.39 Å². The molecule has 0 aliphatic carbocycles. The van der Waals surface area contributed by atoms with Crippen molar-refractivity contribution in [3.05, 3.63) is 67.1 Å². The number of benzene rings is 2. The van der Waals surface area contributed by atoms with E-state index < -0.39 is 5.97 Å². The maximum absolute atomic E-state index is 13.6. The number of hydrogen-bond acceptors (Lipinski definition) is 2. The molecule has 2 aromatic rings. The first-order chi connectivity index (χ1) is 9.54. The van der Waals surface area contributed by atoms with Crippen LogP contribution in [0.15, 0.2) is 48.5 Å². The van der Waals surface area contributed by atoms with Crippen molar-refractivity contribution < 1.29 is 13.9 Å². The fraction of sp³-hybridized carbons (Fsp3) is 0. The van der Waals surface area contributed by atoms with Crippen LogP contribution in [-0.4, -0.2) is 5.97 Å². The van der Waals surface area contributed by atoms with Gasteiger partial charge in [0, 0.05) is 18.8 Å². The average Bonchev–Trinajstić information content (AvgIpc) is 2.40. The van der Waals surface area contributed by atoms with Gasteiger partial charge in [-0.3, -0.25) is 0 Å². The summed E-state index contributed by atoms with van der Waals surface area (Å²) in [6.45, 7) is 0. The topological polar surface area (TPSA) is 26.3 Å². The zero-order valence-corrected chi connectivity index (χ0v) is 14.5. The SMILES string of the molecule is O=C(/C=C/c1ccc(I)cc1F)Oc1ccc(I)cc1. The van der Waals surface area contributed by atoms with Gasteiger partial charge in [-0.1, -0.05) is 6.07 Å². The third kappa shape index (κ3) is 4.55. The monoisotopic (exact) mass is 494 g/mol. The molecule has 0 radical (unpaired) electrons. The number of halogens is 3. The van der Waals surface area contributed by atoms with Crippen molar-refractivity contribution in [2.24, 2.45) is 0 Å². The summed E-state index contributed by atoms with van der Waals surface area (Å²) in [5.74, 6) is -0.442. The van der Waals surface area contributed by atoms with Gasteiger partial charge in [0.2, 0.25) is 0 Å². The summed E-state index contributed by atoms with van der Waals surface area (Å²) in [6.07, 6.45) is 2.61. The van der Waals surface area contributed by atoms with Crippen molar-refractivity contribution in [1.29, 1.82) is 0 Å². The van der Waals surface area contributed by atoms with E-state index in [9.17, 15) is 9.18 Å². The highest BCUT2D eigenvalue weighted by molar-refractivity contribution is 14.1. The molecule has 102 valence electrons. The Morgan fingerprint density at radius 1 is 1.05 bits per heavy atom. The van der Waals surface area contributed by atoms with Gasteiger partial charge in [-0.05, 0) is 87.7 Å². The third-order valence-corrected chi connectivity index (χ3v) is 3.78. The minimum Gasteiger partial charge on any atom is -0.423 e. The first-order valence-electron chi connectivity index (χ1n) is 5.65. The molecule has 0 bridgehead atoms. The molecule has 20 heavy (non-hydrogen) atoms. The fourth-order valence-electron chi connectivity index (χ4n) is 1.45. The van der Waals surface area contributed by atoms with E-state index in [-0.39, 0.29) is 5.82 Å². The first-order valence-corrected chi connectivity index (χ1v) is 7.81. The summed E-state index contributed by atoms with van der Waals surface area (Å²) < 4.78 is 20.5. The highest BCUT2D eigenvalue weighted by atomic mass is 127. The van der Waals surface area contributed by atoms with Gasteiger partial charge >= 0.3 is 5.97 Å². The number of ether oxygens (including phenoxy) is 1. The highest BCUT2D eigenvalue weighted by Crippen LogP contribution is 2.15. The lowest BCUT2D eigenvalue weighted by Crippen LogP contribution is -2.03. The Bertz CT molecular complexity index is 651. The molecule has 0 atom stereocenters. The van der Waals surface area contributed by atoms with Gasteiger partial charge in [0.25, 0.3) is 0 Å². The summed E-state index contributed by atoms with van der Waals surface area (Å²) in [6, 6.07) is 11.9. The van der Waals surface area contributed by atoms with Crippen molar-refractivity contribution in [3.63, 3.8) is 0 Å². The maximum atomic E-state index is 13.6. The summed E-state index contributed by atoms with van der Waals surface area (Å²) in [5.41, 5.74) is 0.352. The molecule has 0 unspecified atom stereocenters. The van der Waals surface area contributed by atoms with E-state index in [0.717, 1.165) is 7.14 Å². The highest BCUT2D eigenvalue weighted by Gasteiger charge is 2.02. The van der Waals surface area contributed by atoms with Crippen molar-refractivity contribution >= 4 is 57.2 Å². The lowest BCUT2D eigenvalue weighted by Gasteiger charge is -2.01. The van der Waals surface area contributed by atoms with Crippen LogP contribution in [0, 0.1) is 13.0 Å². The normalized spacial score (nSPS) is 10.8. The molecule has 0 amide bonds. The van der Waals surface area contributed by atoms with Crippen LogP contribution in [0.25, 0.3) is 6.08 Å². The van der Waals surface area contributed by atoms with Gasteiger partial charge in [0.1, 0.15) is 11.6 Å². The second-order valence-corrected chi connectivity index (χ2v) is 6.37. The molecule has 0 spiro atoms. The molecular weight excluding hydrogens is 485 g/mol. The van der Waals surface area contributed by atoms with Crippen LogP contribution < -0.4 is 4.74 Å². The van der Waals surface area contributed by atoms with Crippen LogP contribution in [0.5, 0.6) is 5.75 Å².